The average Bonchev–Trinajstić information content (AvgIpc) is 2.93. The molecule has 0 bridgehead atoms. The number of carboxylic acids is 1. The molecule has 0 spiro atoms. The van der Waals surface area contributed by atoms with Crippen LogP contribution in [0.25, 0.3) is 11.0 Å². The molecule has 1 aromatic carbocycles. The number of nitrogens with zero attached hydrogens (tertiary/aromatic N) is 3. The molecule has 0 unspecified atom stereocenters. The van der Waals surface area contributed by atoms with Gasteiger partial charge in [-0.1, -0.05) is 12.8 Å². The number of aromatic nitrogens is 2. The fourth-order valence-corrected chi connectivity index (χ4v) is 3.55. The highest BCUT2D eigenvalue weighted by atomic mass is 35.5. The fraction of sp³-hybridized carbons (Fsp3) is 0.579. The Hall–Kier alpha value is -1.46. The summed E-state index contributed by atoms with van der Waals surface area (Å²) >= 11 is 11.8. The van der Waals surface area contributed by atoms with Gasteiger partial charge >= 0.3 is 5.97 Å². The van der Waals surface area contributed by atoms with E-state index in [1.54, 1.807) is 0 Å². The Morgan fingerprint density at radius 3 is 2.50 bits per heavy atom. The lowest BCUT2D eigenvalue weighted by molar-refractivity contribution is -0.137. The van der Waals surface area contributed by atoms with E-state index < -0.39 is 5.97 Å². The molecule has 0 aliphatic carbocycles. The van der Waals surface area contributed by atoms with Gasteiger partial charge in [-0.3, -0.25) is 4.79 Å². The number of hydrogen-bond donors (Lipinski definition) is 1. The second-order valence-corrected chi connectivity index (χ2v) is 7.19. The molecular formula is C19H27Cl2N3O2. The van der Waals surface area contributed by atoms with Crippen LogP contribution in [0.1, 0.15) is 37.9 Å². The van der Waals surface area contributed by atoms with Crippen LogP contribution in [0.2, 0.25) is 0 Å². The van der Waals surface area contributed by atoms with Crippen molar-refractivity contribution in [2.75, 3.05) is 29.7 Å². The molecule has 0 radical (unpaired) electrons. The summed E-state index contributed by atoms with van der Waals surface area (Å²) in [6, 6.07) is 6.30. The maximum atomic E-state index is 10.5. The minimum Gasteiger partial charge on any atom is -0.481 e. The highest BCUT2D eigenvalue weighted by Crippen LogP contribution is 2.23. The van der Waals surface area contributed by atoms with E-state index in [9.17, 15) is 4.79 Å². The van der Waals surface area contributed by atoms with Crippen molar-refractivity contribution in [3.63, 3.8) is 0 Å². The molecule has 26 heavy (non-hydrogen) atoms. The van der Waals surface area contributed by atoms with E-state index in [1.807, 2.05) is 7.05 Å². The Balaban J connectivity index is 2.01. The molecule has 0 aliphatic rings. The van der Waals surface area contributed by atoms with E-state index >= 15 is 0 Å². The predicted octanol–water partition coefficient (Wildman–Crippen LogP) is 4.43. The van der Waals surface area contributed by atoms with E-state index in [0.29, 0.717) is 11.8 Å². The zero-order chi connectivity index (χ0) is 18.9. The predicted molar refractivity (Wildman–Crippen MR) is 109 cm³/mol. The number of unbranched alkanes of at least 4 members (excludes halogenated alkanes) is 3. The number of carbonyl (C=O) groups is 1. The maximum absolute atomic E-state index is 10.5. The van der Waals surface area contributed by atoms with Gasteiger partial charge in [0, 0.05) is 50.4 Å². The van der Waals surface area contributed by atoms with Crippen LogP contribution >= 0.6 is 23.2 Å². The number of carboxylic acid groups (broad SMARTS) is 1. The molecule has 2 aromatic rings. The highest BCUT2D eigenvalue weighted by Gasteiger charge is 2.11. The van der Waals surface area contributed by atoms with Gasteiger partial charge in [-0.2, -0.15) is 0 Å². The average molecular weight is 400 g/mol. The Bertz CT molecular complexity index is 712. The summed E-state index contributed by atoms with van der Waals surface area (Å²) in [6.07, 6.45) is 4.91. The Morgan fingerprint density at radius 2 is 1.85 bits per heavy atom. The van der Waals surface area contributed by atoms with Crippen LogP contribution in [-0.2, 0) is 18.3 Å². The van der Waals surface area contributed by atoms with Gasteiger partial charge in [-0.25, -0.2) is 4.98 Å². The molecule has 5 nitrogen and oxygen atoms in total. The lowest BCUT2D eigenvalue weighted by atomic mass is 10.1. The summed E-state index contributed by atoms with van der Waals surface area (Å²) in [5, 5.41) is 8.66. The van der Waals surface area contributed by atoms with Gasteiger partial charge in [0.15, 0.2) is 0 Å². The van der Waals surface area contributed by atoms with Crippen molar-refractivity contribution >= 4 is 45.9 Å². The summed E-state index contributed by atoms with van der Waals surface area (Å²) < 4.78 is 2.14. The first-order chi connectivity index (χ1) is 12.6. The Morgan fingerprint density at radius 1 is 1.15 bits per heavy atom. The third kappa shape index (κ3) is 5.78. The number of anilines is 1. The molecule has 0 atom stereocenters. The zero-order valence-corrected chi connectivity index (χ0v) is 16.8. The molecule has 1 aromatic heterocycles. The van der Waals surface area contributed by atoms with Crippen molar-refractivity contribution in [2.45, 2.75) is 38.5 Å². The summed E-state index contributed by atoms with van der Waals surface area (Å²) in [7, 11) is 2.05. The van der Waals surface area contributed by atoms with Crippen LogP contribution in [0, 0.1) is 0 Å². The van der Waals surface area contributed by atoms with E-state index in [4.69, 9.17) is 33.3 Å². The molecule has 0 fully saturated rings. The van der Waals surface area contributed by atoms with Crippen LogP contribution in [0.5, 0.6) is 0 Å². The number of fused-ring (bicyclic) bond motifs is 1. The van der Waals surface area contributed by atoms with Gasteiger partial charge < -0.3 is 14.6 Å². The minimum absolute atomic E-state index is 0.260. The maximum Gasteiger partial charge on any atom is 0.303 e. The van der Waals surface area contributed by atoms with Crippen molar-refractivity contribution in [1.29, 1.82) is 0 Å². The SMILES string of the molecule is Cn1c(CCCCCCC(=O)O)nc2cc(N(CCCl)CCCl)ccc21. The molecule has 0 amide bonds. The monoisotopic (exact) mass is 399 g/mol. The number of hydrogen-bond acceptors (Lipinski definition) is 3. The Labute approximate surface area is 164 Å². The number of benzene rings is 1. The summed E-state index contributed by atoms with van der Waals surface area (Å²) in [5.74, 6) is 1.47. The molecular weight excluding hydrogens is 373 g/mol. The van der Waals surface area contributed by atoms with Crippen molar-refractivity contribution < 1.29 is 9.90 Å². The van der Waals surface area contributed by atoms with Gasteiger partial charge in [0.05, 0.1) is 11.0 Å². The normalized spacial score (nSPS) is 11.2. The molecule has 7 heteroatoms. The molecule has 0 saturated carbocycles. The Kier molecular flexibility index (Phi) is 8.52. The highest BCUT2D eigenvalue weighted by molar-refractivity contribution is 6.18. The smallest absolute Gasteiger partial charge is 0.303 e. The van der Waals surface area contributed by atoms with E-state index in [1.165, 1.54) is 0 Å². The first-order valence-corrected chi connectivity index (χ1v) is 10.2. The minimum atomic E-state index is -0.714. The summed E-state index contributed by atoms with van der Waals surface area (Å²) in [4.78, 5) is 17.5. The third-order valence-corrected chi connectivity index (χ3v) is 4.91. The second kappa shape index (κ2) is 10.6. The van der Waals surface area contributed by atoms with E-state index in [0.717, 1.165) is 67.7 Å². The van der Waals surface area contributed by atoms with E-state index in [2.05, 4.69) is 27.7 Å². The van der Waals surface area contributed by atoms with Crippen molar-refractivity contribution in [2.24, 2.45) is 7.05 Å². The zero-order valence-electron chi connectivity index (χ0n) is 15.3. The first kappa shape index (κ1) is 20.8. The van der Waals surface area contributed by atoms with Crippen molar-refractivity contribution in [3.05, 3.63) is 24.0 Å². The number of rotatable bonds is 12. The topological polar surface area (TPSA) is 58.4 Å². The van der Waals surface area contributed by atoms with Gasteiger partial charge in [0.1, 0.15) is 5.82 Å². The number of halogens is 2. The third-order valence-electron chi connectivity index (χ3n) is 4.57. The molecule has 1 N–H and O–H groups in total. The van der Waals surface area contributed by atoms with Gasteiger partial charge in [-0.15, -0.1) is 23.2 Å². The molecule has 2 rings (SSSR count). The summed E-state index contributed by atoms with van der Waals surface area (Å²) in [5.41, 5.74) is 3.20. The van der Waals surface area contributed by atoms with Gasteiger partial charge in [0.2, 0.25) is 0 Å². The molecule has 144 valence electrons. The van der Waals surface area contributed by atoms with Gasteiger partial charge in [-0.05, 0) is 31.0 Å². The van der Waals surface area contributed by atoms with Crippen LogP contribution in [-0.4, -0.2) is 45.5 Å². The first-order valence-electron chi connectivity index (χ1n) is 9.11. The number of aliphatic carboxylic acids is 1. The van der Waals surface area contributed by atoms with Crippen molar-refractivity contribution in [1.82, 2.24) is 9.55 Å². The van der Waals surface area contributed by atoms with Crippen molar-refractivity contribution in [3.8, 4) is 0 Å². The molecule has 0 aliphatic heterocycles. The summed E-state index contributed by atoms with van der Waals surface area (Å²) in [6.45, 7) is 1.52. The number of alkyl halides is 2. The number of aryl methyl sites for hydroxylation is 2. The quantitative estimate of drug-likeness (QED) is 0.423. The lowest BCUT2D eigenvalue weighted by Crippen LogP contribution is -2.27. The lowest BCUT2D eigenvalue weighted by Gasteiger charge is -2.22. The largest absolute Gasteiger partial charge is 0.481 e. The molecule has 1 heterocycles. The fourth-order valence-electron chi connectivity index (χ4n) is 3.15. The van der Waals surface area contributed by atoms with E-state index in [-0.39, 0.29) is 6.42 Å². The molecule has 0 saturated heterocycles. The van der Waals surface area contributed by atoms with Crippen LogP contribution in [0.3, 0.4) is 0 Å². The second-order valence-electron chi connectivity index (χ2n) is 6.43. The number of imidazole rings is 1. The van der Waals surface area contributed by atoms with Crippen LogP contribution in [0.15, 0.2) is 18.2 Å². The van der Waals surface area contributed by atoms with Crippen LogP contribution < -0.4 is 4.90 Å². The van der Waals surface area contributed by atoms with Crippen LogP contribution in [0.4, 0.5) is 5.69 Å². The standard InChI is InChI=1S/C19H27Cl2N3O2/c1-23-17-9-8-15(24(12-10-20)13-11-21)14-16(17)22-18(23)6-4-2-3-5-7-19(25)26/h8-9,14H,2-7,10-13H2,1H3,(H,25,26). The van der Waals surface area contributed by atoms with Gasteiger partial charge in [0.25, 0.3) is 0 Å².